The molecule has 4 rings (SSSR count). The Bertz CT molecular complexity index is 768. The molecular weight excluding hydrogens is 306 g/mol. The van der Waals surface area contributed by atoms with Crippen LogP contribution >= 0.6 is 0 Å². The molecule has 2 heteroatoms. The van der Waals surface area contributed by atoms with Gasteiger partial charge in [0, 0.05) is 24.9 Å². The van der Waals surface area contributed by atoms with Gasteiger partial charge in [0.1, 0.15) is 5.75 Å². The van der Waals surface area contributed by atoms with E-state index >= 15 is 0 Å². The SMILES string of the molecule is COc1ccccc1N1C[C@@H](c2ccccc2)[C@H](c2ccccc2)C1. The molecule has 2 nitrogen and oxygen atoms in total. The van der Waals surface area contributed by atoms with Crippen LogP contribution in [0.5, 0.6) is 5.75 Å². The summed E-state index contributed by atoms with van der Waals surface area (Å²) < 4.78 is 5.60. The monoisotopic (exact) mass is 329 g/mol. The molecule has 0 aliphatic carbocycles. The first kappa shape index (κ1) is 15.8. The number of rotatable bonds is 4. The van der Waals surface area contributed by atoms with Crippen LogP contribution in [0.1, 0.15) is 23.0 Å². The van der Waals surface area contributed by atoms with Crippen LogP contribution in [0.2, 0.25) is 0 Å². The van der Waals surface area contributed by atoms with Gasteiger partial charge < -0.3 is 9.64 Å². The number of para-hydroxylation sites is 2. The fourth-order valence-electron chi connectivity index (χ4n) is 3.97. The quantitative estimate of drug-likeness (QED) is 0.661. The molecule has 3 aromatic rings. The molecule has 0 N–H and O–H groups in total. The predicted molar refractivity (Wildman–Crippen MR) is 104 cm³/mol. The molecule has 0 saturated carbocycles. The fraction of sp³-hybridized carbons (Fsp3) is 0.217. The van der Waals surface area contributed by atoms with Crippen molar-refractivity contribution >= 4 is 5.69 Å². The number of hydrogen-bond donors (Lipinski definition) is 0. The third-order valence-electron chi connectivity index (χ3n) is 5.20. The summed E-state index contributed by atoms with van der Waals surface area (Å²) in [5, 5.41) is 0. The Morgan fingerprint density at radius 2 is 1.16 bits per heavy atom. The smallest absolute Gasteiger partial charge is 0.142 e. The second-order valence-electron chi connectivity index (χ2n) is 6.61. The summed E-state index contributed by atoms with van der Waals surface area (Å²) in [6, 6.07) is 30.1. The van der Waals surface area contributed by atoms with Crippen molar-refractivity contribution in [3.05, 3.63) is 96.1 Å². The van der Waals surface area contributed by atoms with Gasteiger partial charge in [-0.25, -0.2) is 0 Å². The van der Waals surface area contributed by atoms with E-state index in [0.717, 1.165) is 18.8 Å². The van der Waals surface area contributed by atoms with Crippen molar-refractivity contribution in [2.45, 2.75) is 11.8 Å². The predicted octanol–water partition coefficient (Wildman–Crippen LogP) is 5.08. The van der Waals surface area contributed by atoms with E-state index in [1.807, 2.05) is 12.1 Å². The van der Waals surface area contributed by atoms with Crippen LogP contribution in [0.3, 0.4) is 0 Å². The van der Waals surface area contributed by atoms with E-state index in [1.54, 1.807) is 7.11 Å². The molecule has 25 heavy (non-hydrogen) atoms. The first-order valence-electron chi connectivity index (χ1n) is 8.84. The lowest BCUT2D eigenvalue weighted by atomic mass is 9.84. The number of anilines is 1. The summed E-state index contributed by atoms with van der Waals surface area (Å²) in [7, 11) is 1.75. The maximum atomic E-state index is 5.60. The normalized spacial score (nSPS) is 19.8. The van der Waals surface area contributed by atoms with Crippen LogP contribution in [0.4, 0.5) is 5.69 Å². The Labute approximate surface area is 149 Å². The van der Waals surface area contributed by atoms with E-state index in [1.165, 1.54) is 16.8 Å². The molecule has 126 valence electrons. The highest BCUT2D eigenvalue weighted by atomic mass is 16.5. The van der Waals surface area contributed by atoms with Crippen LogP contribution < -0.4 is 9.64 Å². The van der Waals surface area contributed by atoms with Crippen molar-refractivity contribution in [1.29, 1.82) is 0 Å². The second kappa shape index (κ2) is 7.02. The molecular formula is C23H23NO. The fourth-order valence-corrected chi connectivity index (χ4v) is 3.97. The Hall–Kier alpha value is -2.74. The van der Waals surface area contributed by atoms with E-state index < -0.39 is 0 Å². The largest absolute Gasteiger partial charge is 0.495 e. The first-order chi connectivity index (χ1) is 12.4. The zero-order valence-electron chi connectivity index (χ0n) is 14.5. The summed E-state index contributed by atoms with van der Waals surface area (Å²) in [6.07, 6.45) is 0. The number of benzene rings is 3. The zero-order valence-corrected chi connectivity index (χ0v) is 14.5. The van der Waals surface area contributed by atoms with Gasteiger partial charge in [0.2, 0.25) is 0 Å². The Balaban J connectivity index is 1.72. The molecule has 1 aliphatic rings. The van der Waals surface area contributed by atoms with Crippen LogP contribution in [0.15, 0.2) is 84.9 Å². The van der Waals surface area contributed by atoms with Gasteiger partial charge in [0.05, 0.1) is 12.8 Å². The van der Waals surface area contributed by atoms with E-state index in [4.69, 9.17) is 4.74 Å². The summed E-state index contributed by atoms with van der Waals surface area (Å²) >= 11 is 0. The second-order valence-corrected chi connectivity index (χ2v) is 6.61. The van der Waals surface area contributed by atoms with Gasteiger partial charge in [-0.3, -0.25) is 0 Å². The standard InChI is InChI=1S/C23H23NO/c1-25-23-15-9-8-14-22(23)24-16-20(18-10-4-2-5-11-18)21(17-24)19-12-6-3-7-13-19/h2-15,20-21H,16-17H2,1H3/t20-,21-/m0/s1. The molecule has 0 spiro atoms. The molecule has 1 aliphatic heterocycles. The highest BCUT2D eigenvalue weighted by Gasteiger charge is 2.35. The molecule has 1 heterocycles. The number of nitrogens with zero attached hydrogens (tertiary/aromatic N) is 1. The maximum Gasteiger partial charge on any atom is 0.142 e. The first-order valence-corrected chi connectivity index (χ1v) is 8.84. The van der Waals surface area contributed by atoms with Gasteiger partial charge in [-0.1, -0.05) is 72.8 Å². The molecule has 0 amide bonds. The lowest BCUT2D eigenvalue weighted by Crippen LogP contribution is -2.20. The molecule has 1 saturated heterocycles. The number of ether oxygens (including phenoxy) is 1. The average Bonchev–Trinajstić information content (AvgIpc) is 3.14. The maximum absolute atomic E-state index is 5.60. The molecule has 0 unspecified atom stereocenters. The van der Waals surface area contributed by atoms with Crippen molar-refractivity contribution in [3.63, 3.8) is 0 Å². The van der Waals surface area contributed by atoms with Crippen molar-refractivity contribution in [2.24, 2.45) is 0 Å². The third-order valence-corrected chi connectivity index (χ3v) is 5.20. The lowest BCUT2D eigenvalue weighted by Gasteiger charge is -2.21. The molecule has 0 radical (unpaired) electrons. The topological polar surface area (TPSA) is 12.5 Å². The van der Waals surface area contributed by atoms with E-state index in [2.05, 4.69) is 77.7 Å². The Morgan fingerprint density at radius 1 is 0.680 bits per heavy atom. The minimum atomic E-state index is 0.480. The average molecular weight is 329 g/mol. The van der Waals surface area contributed by atoms with Crippen molar-refractivity contribution in [1.82, 2.24) is 0 Å². The Morgan fingerprint density at radius 3 is 1.68 bits per heavy atom. The van der Waals surface area contributed by atoms with Crippen LogP contribution in [0, 0.1) is 0 Å². The van der Waals surface area contributed by atoms with E-state index in [0.29, 0.717) is 11.8 Å². The van der Waals surface area contributed by atoms with Gasteiger partial charge in [-0.15, -0.1) is 0 Å². The zero-order chi connectivity index (χ0) is 17.1. The molecule has 2 atom stereocenters. The van der Waals surface area contributed by atoms with Crippen molar-refractivity contribution in [2.75, 3.05) is 25.1 Å². The molecule has 0 aromatic heterocycles. The van der Waals surface area contributed by atoms with E-state index in [-0.39, 0.29) is 0 Å². The minimum absolute atomic E-state index is 0.480. The van der Waals surface area contributed by atoms with Crippen LogP contribution in [-0.2, 0) is 0 Å². The van der Waals surface area contributed by atoms with Gasteiger partial charge >= 0.3 is 0 Å². The van der Waals surface area contributed by atoms with Crippen molar-refractivity contribution < 1.29 is 4.74 Å². The van der Waals surface area contributed by atoms with E-state index in [9.17, 15) is 0 Å². The van der Waals surface area contributed by atoms with Gasteiger partial charge in [-0.05, 0) is 23.3 Å². The summed E-state index contributed by atoms with van der Waals surface area (Å²) in [4.78, 5) is 2.47. The lowest BCUT2D eigenvalue weighted by molar-refractivity contribution is 0.415. The minimum Gasteiger partial charge on any atom is -0.495 e. The highest BCUT2D eigenvalue weighted by Crippen LogP contribution is 2.43. The van der Waals surface area contributed by atoms with Crippen LogP contribution in [0.25, 0.3) is 0 Å². The summed E-state index contributed by atoms with van der Waals surface area (Å²) in [5.74, 6) is 1.91. The van der Waals surface area contributed by atoms with Gasteiger partial charge in [0.25, 0.3) is 0 Å². The molecule has 3 aromatic carbocycles. The summed E-state index contributed by atoms with van der Waals surface area (Å²) in [5.41, 5.74) is 4.01. The highest BCUT2D eigenvalue weighted by molar-refractivity contribution is 5.60. The molecule has 0 bridgehead atoms. The van der Waals surface area contributed by atoms with Gasteiger partial charge in [-0.2, -0.15) is 0 Å². The number of methoxy groups -OCH3 is 1. The number of hydrogen-bond acceptors (Lipinski definition) is 2. The molecule has 1 fully saturated rings. The Kier molecular flexibility index (Phi) is 4.43. The summed E-state index contributed by atoms with van der Waals surface area (Å²) in [6.45, 7) is 2.01. The third kappa shape index (κ3) is 3.12. The van der Waals surface area contributed by atoms with Crippen LogP contribution in [-0.4, -0.2) is 20.2 Å². The van der Waals surface area contributed by atoms with Crippen molar-refractivity contribution in [3.8, 4) is 5.75 Å². The van der Waals surface area contributed by atoms with Gasteiger partial charge in [0.15, 0.2) is 0 Å².